The maximum Gasteiger partial charge on any atom is 0.234 e. The number of ether oxygens (including phenoxy) is 1. The van der Waals surface area contributed by atoms with Crippen molar-refractivity contribution >= 4 is 35.0 Å². The van der Waals surface area contributed by atoms with Gasteiger partial charge in [-0.25, -0.2) is 0 Å². The average molecular weight is 501 g/mol. The Balaban J connectivity index is 1.53. The first-order chi connectivity index (χ1) is 16.5. The highest BCUT2D eigenvalue weighted by Crippen LogP contribution is 2.25. The molecule has 0 bridgehead atoms. The van der Waals surface area contributed by atoms with Crippen molar-refractivity contribution in [2.24, 2.45) is 0 Å². The maximum absolute atomic E-state index is 12.7. The number of carbonyl (C=O) groups is 1. The number of nitrogens with one attached hydrogen (secondary N) is 1. The second-order valence-corrected chi connectivity index (χ2v) is 9.38. The van der Waals surface area contributed by atoms with E-state index < -0.39 is 0 Å². The molecule has 0 radical (unpaired) electrons. The topological polar surface area (TPSA) is 69.0 Å². The molecule has 0 saturated carbocycles. The first-order valence-corrected chi connectivity index (χ1v) is 13.2. The van der Waals surface area contributed by atoms with Crippen LogP contribution in [0.5, 0.6) is 5.75 Å². The summed E-state index contributed by atoms with van der Waals surface area (Å²) in [6.45, 7) is 9.59. The van der Waals surface area contributed by atoms with Gasteiger partial charge in [-0.15, -0.1) is 10.2 Å². The highest BCUT2D eigenvalue weighted by atomic mass is 35.5. The van der Waals surface area contributed by atoms with Gasteiger partial charge < -0.3 is 14.6 Å². The number of thioether (sulfide) groups is 1. The van der Waals surface area contributed by atoms with E-state index in [1.165, 1.54) is 11.8 Å². The zero-order chi connectivity index (χ0) is 24.5. The van der Waals surface area contributed by atoms with Crippen molar-refractivity contribution in [1.29, 1.82) is 0 Å². The van der Waals surface area contributed by atoms with Gasteiger partial charge in [-0.2, -0.15) is 0 Å². The van der Waals surface area contributed by atoms with E-state index in [1.54, 1.807) is 0 Å². The molecule has 0 fully saturated rings. The van der Waals surface area contributed by atoms with Crippen LogP contribution in [0.15, 0.2) is 41.6 Å². The van der Waals surface area contributed by atoms with Gasteiger partial charge in [0.1, 0.15) is 11.6 Å². The quantitative estimate of drug-likeness (QED) is 0.239. The van der Waals surface area contributed by atoms with Crippen molar-refractivity contribution in [2.75, 3.05) is 17.7 Å². The van der Waals surface area contributed by atoms with E-state index in [1.807, 2.05) is 25.1 Å². The average Bonchev–Trinajstić information content (AvgIpc) is 3.23. The van der Waals surface area contributed by atoms with E-state index in [0.717, 1.165) is 71.3 Å². The highest BCUT2D eigenvalue weighted by molar-refractivity contribution is 7.99. The lowest BCUT2D eigenvalue weighted by atomic mass is 10.0. The van der Waals surface area contributed by atoms with Crippen LogP contribution in [0.3, 0.4) is 0 Å². The van der Waals surface area contributed by atoms with Gasteiger partial charge in [-0.1, -0.05) is 55.4 Å². The lowest BCUT2D eigenvalue weighted by Crippen LogP contribution is -2.17. The number of aromatic nitrogens is 3. The number of hydrogen-bond acceptors (Lipinski definition) is 5. The molecular weight excluding hydrogens is 468 g/mol. The van der Waals surface area contributed by atoms with Crippen LogP contribution in [-0.2, 0) is 30.6 Å². The van der Waals surface area contributed by atoms with Crippen LogP contribution in [0.25, 0.3) is 0 Å². The van der Waals surface area contributed by atoms with Gasteiger partial charge in [0.05, 0.1) is 12.4 Å². The third kappa shape index (κ3) is 6.76. The molecule has 1 amide bonds. The van der Waals surface area contributed by atoms with Crippen molar-refractivity contribution in [3.63, 3.8) is 0 Å². The van der Waals surface area contributed by atoms with E-state index in [0.29, 0.717) is 11.6 Å². The van der Waals surface area contributed by atoms with Gasteiger partial charge in [0, 0.05) is 23.7 Å². The summed E-state index contributed by atoms with van der Waals surface area (Å²) in [5.74, 6) is 2.02. The minimum atomic E-state index is -0.0282. The fourth-order valence-electron chi connectivity index (χ4n) is 3.82. The third-order valence-electron chi connectivity index (χ3n) is 5.64. The lowest BCUT2D eigenvalue weighted by Gasteiger charge is -2.14. The van der Waals surface area contributed by atoms with Crippen molar-refractivity contribution < 1.29 is 9.53 Å². The highest BCUT2D eigenvalue weighted by Gasteiger charge is 2.15. The molecule has 0 aliphatic heterocycles. The van der Waals surface area contributed by atoms with Gasteiger partial charge in [0.25, 0.3) is 0 Å². The van der Waals surface area contributed by atoms with E-state index in [4.69, 9.17) is 16.3 Å². The number of nitrogens with zero attached hydrogens (tertiary/aromatic N) is 3. The molecule has 0 unspecified atom stereocenters. The van der Waals surface area contributed by atoms with Crippen molar-refractivity contribution in [3.8, 4) is 5.75 Å². The summed E-state index contributed by atoms with van der Waals surface area (Å²) in [7, 11) is 0. The predicted molar refractivity (Wildman–Crippen MR) is 140 cm³/mol. The van der Waals surface area contributed by atoms with E-state index in [-0.39, 0.29) is 11.7 Å². The predicted octanol–water partition coefficient (Wildman–Crippen LogP) is 6.13. The van der Waals surface area contributed by atoms with Crippen LogP contribution in [0.2, 0.25) is 5.02 Å². The second kappa shape index (κ2) is 12.8. The van der Waals surface area contributed by atoms with Crippen LogP contribution in [0.4, 0.5) is 5.69 Å². The number of aryl methyl sites for hydroxylation is 4. The number of amides is 1. The van der Waals surface area contributed by atoms with Crippen LogP contribution in [0, 0.1) is 6.92 Å². The minimum absolute atomic E-state index is 0.0282. The Bertz CT molecular complexity index is 1090. The van der Waals surface area contributed by atoms with Crippen LogP contribution >= 0.6 is 23.4 Å². The van der Waals surface area contributed by atoms with E-state index >= 15 is 0 Å². The molecule has 8 heteroatoms. The Hall–Kier alpha value is -2.51. The smallest absolute Gasteiger partial charge is 0.234 e. The molecule has 0 atom stereocenters. The number of benzene rings is 2. The molecule has 2 aromatic carbocycles. The van der Waals surface area contributed by atoms with Gasteiger partial charge in [0.2, 0.25) is 5.91 Å². The summed E-state index contributed by atoms with van der Waals surface area (Å²) >= 11 is 7.43. The second-order valence-electron chi connectivity index (χ2n) is 8.00. The Morgan fingerprint density at radius 1 is 1.12 bits per heavy atom. The first-order valence-electron chi connectivity index (χ1n) is 11.8. The summed E-state index contributed by atoms with van der Waals surface area (Å²) in [4.78, 5) is 12.7. The largest absolute Gasteiger partial charge is 0.493 e. The van der Waals surface area contributed by atoms with E-state index in [2.05, 4.69) is 59.1 Å². The molecule has 34 heavy (non-hydrogen) atoms. The summed E-state index contributed by atoms with van der Waals surface area (Å²) in [5, 5.41) is 13.3. The fourth-order valence-corrected chi connectivity index (χ4v) is 4.87. The normalized spacial score (nSPS) is 11.0. The zero-order valence-corrected chi connectivity index (χ0v) is 21.9. The summed E-state index contributed by atoms with van der Waals surface area (Å²) in [6, 6.07) is 11.8. The Morgan fingerprint density at radius 3 is 2.50 bits per heavy atom. The molecule has 1 aromatic heterocycles. The third-order valence-corrected chi connectivity index (χ3v) is 6.85. The number of para-hydroxylation sites is 1. The Labute approximate surface area is 211 Å². The molecule has 1 heterocycles. The summed E-state index contributed by atoms with van der Waals surface area (Å²) in [5.41, 5.74) is 4.29. The van der Waals surface area contributed by atoms with Gasteiger partial charge >= 0.3 is 0 Å². The molecule has 0 aliphatic carbocycles. The fraction of sp³-hybridized carbons (Fsp3) is 0.423. The SMILES string of the molecule is CCc1cccc(CC)c1NC(=O)CSc1nnc(CCCOc2ccc(Cl)cc2C)n1CC. The van der Waals surface area contributed by atoms with Gasteiger partial charge in [0.15, 0.2) is 5.16 Å². The number of carbonyl (C=O) groups excluding carboxylic acids is 1. The molecule has 3 rings (SSSR count). The Kier molecular flexibility index (Phi) is 9.84. The number of anilines is 1. The lowest BCUT2D eigenvalue weighted by molar-refractivity contribution is -0.113. The molecular formula is C26H33ClN4O2S. The van der Waals surface area contributed by atoms with Gasteiger partial charge in [-0.3, -0.25) is 4.79 Å². The first kappa shape index (κ1) is 26.1. The van der Waals surface area contributed by atoms with E-state index in [9.17, 15) is 4.79 Å². The molecule has 0 aliphatic rings. The van der Waals surface area contributed by atoms with Crippen molar-refractivity contribution in [3.05, 3.63) is 63.9 Å². The maximum atomic E-state index is 12.7. The molecule has 3 aromatic rings. The van der Waals surface area contributed by atoms with Crippen LogP contribution in [0.1, 0.15) is 49.7 Å². The summed E-state index contributed by atoms with van der Waals surface area (Å²) in [6.07, 6.45) is 3.33. The van der Waals surface area contributed by atoms with Crippen molar-refractivity contribution in [1.82, 2.24) is 14.8 Å². The molecule has 0 saturated heterocycles. The van der Waals surface area contributed by atoms with Crippen LogP contribution in [-0.4, -0.2) is 33.0 Å². The minimum Gasteiger partial charge on any atom is -0.493 e. The number of rotatable bonds is 12. The summed E-state index contributed by atoms with van der Waals surface area (Å²) < 4.78 is 7.97. The van der Waals surface area contributed by atoms with Crippen LogP contribution < -0.4 is 10.1 Å². The molecule has 182 valence electrons. The number of hydrogen-bond donors (Lipinski definition) is 1. The molecule has 0 spiro atoms. The standard InChI is InChI=1S/C26H33ClN4O2S/c1-5-19-10-8-11-20(6-2)25(19)28-24(32)17-34-26-30-29-23(31(26)7-3)12-9-15-33-22-14-13-21(27)16-18(22)4/h8,10-11,13-14,16H,5-7,9,12,15,17H2,1-4H3,(H,28,32). The number of halogens is 1. The Morgan fingerprint density at radius 2 is 1.85 bits per heavy atom. The molecule has 1 N–H and O–H groups in total. The van der Waals surface area contributed by atoms with Crippen molar-refractivity contribution in [2.45, 2.75) is 65.1 Å². The zero-order valence-electron chi connectivity index (χ0n) is 20.4. The van der Waals surface area contributed by atoms with Gasteiger partial charge in [-0.05, 0) is 68.0 Å². The monoisotopic (exact) mass is 500 g/mol. The molecule has 6 nitrogen and oxygen atoms in total.